The van der Waals surface area contributed by atoms with Crippen molar-refractivity contribution in [1.82, 2.24) is 23.7 Å². The van der Waals surface area contributed by atoms with Crippen molar-refractivity contribution < 1.29 is 20.1 Å². The summed E-state index contributed by atoms with van der Waals surface area (Å²) in [7, 11) is 0. The average Bonchev–Trinajstić information content (AvgIpc) is 4.13. The van der Waals surface area contributed by atoms with E-state index in [1.54, 1.807) is 11.3 Å². The van der Waals surface area contributed by atoms with E-state index in [4.69, 9.17) is 0 Å². The standard InChI is InChI=1S/C37H22N3S.C18H17N2.Ir/c1-2-9-28(10-3-1)39-33-12-5-4-11-29(33)31-22-27(14-16-34(31)39)25-8-6-7-24(21-25)26-13-15-30-32(23-26)37-36(18-20-41-37)40-35(30)17-19-38-40;1-13-11-14(2)17(15(3)12-13)20-10-9-19-18(20)16-7-5-4-6-8-16;/h1-17,19-23H;4-7,9-12H,1-3H3;/q2*-1;. The Labute approximate surface area is 377 Å². The first-order valence-corrected chi connectivity index (χ1v) is 21.3. The van der Waals surface area contributed by atoms with Crippen molar-refractivity contribution in [2.24, 2.45) is 0 Å². The van der Waals surface area contributed by atoms with E-state index in [2.05, 4.69) is 186 Å². The Bertz CT molecular complexity index is 3550. The van der Waals surface area contributed by atoms with Gasteiger partial charge in [0.2, 0.25) is 0 Å². The zero-order valence-electron chi connectivity index (χ0n) is 34.3. The van der Waals surface area contributed by atoms with Gasteiger partial charge in [0.1, 0.15) is 0 Å². The topological polar surface area (TPSA) is 40.0 Å². The second-order valence-corrected chi connectivity index (χ2v) is 16.5. The van der Waals surface area contributed by atoms with Crippen LogP contribution in [-0.2, 0) is 20.1 Å². The molecule has 12 rings (SSSR count). The van der Waals surface area contributed by atoms with Crippen LogP contribution in [0.5, 0.6) is 0 Å². The number of imidazole rings is 1. The number of benzene rings is 7. The molecule has 0 fully saturated rings. The molecule has 62 heavy (non-hydrogen) atoms. The number of para-hydroxylation sites is 2. The van der Waals surface area contributed by atoms with Gasteiger partial charge in [-0.05, 0) is 102 Å². The van der Waals surface area contributed by atoms with Crippen LogP contribution in [0, 0.1) is 32.9 Å². The number of rotatable bonds is 5. The maximum atomic E-state index is 4.54. The van der Waals surface area contributed by atoms with E-state index < -0.39 is 0 Å². The fourth-order valence-corrected chi connectivity index (χ4v) is 9.93. The smallest absolute Gasteiger partial charge is 0.0696 e. The minimum absolute atomic E-state index is 0. The number of nitrogens with zero attached hydrogens (tertiary/aromatic N) is 5. The van der Waals surface area contributed by atoms with Gasteiger partial charge in [-0.1, -0.05) is 112 Å². The largest absolute Gasteiger partial charge is 0.340 e. The molecule has 0 atom stereocenters. The van der Waals surface area contributed by atoms with Gasteiger partial charge >= 0.3 is 0 Å². The average molecular weight is 994 g/mol. The molecule has 0 N–H and O–H groups in total. The first-order valence-electron chi connectivity index (χ1n) is 20.5. The fraction of sp³-hybridized carbons (Fsp3) is 0.0545. The Morgan fingerprint density at radius 1 is 0.548 bits per heavy atom. The number of thiophene rings is 1. The van der Waals surface area contributed by atoms with Crippen LogP contribution in [0.15, 0.2) is 182 Å². The second-order valence-electron chi connectivity index (χ2n) is 15.6. The van der Waals surface area contributed by atoms with Crippen LogP contribution >= 0.6 is 11.3 Å². The van der Waals surface area contributed by atoms with Gasteiger partial charge in [0.15, 0.2) is 0 Å². The molecule has 0 saturated carbocycles. The third kappa shape index (κ3) is 6.76. The molecule has 0 saturated heterocycles. The van der Waals surface area contributed by atoms with Crippen LogP contribution in [0.3, 0.4) is 0 Å². The number of hydrogen-bond donors (Lipinski definition) is 0. The zero-order valence-corrected chi connectivity index (χ0v) is 37.5. The number of hydrogen-bond acceptors (Lipinski definition) is 3. The van der Waals surface area contributed by atoms with Crippen molar-refractivity contribution in [1.29, 1.82) is 0 Å². The van der Waals surface area contributed by atoms with Crippen LogP contribution in [0.4, 0.5) is 0 Å². The predicted molar refractivity (Wildman–Crippen MR) is 254 cm³/mol. The quantitative estimate of drug-likeness (QED) is 0.161. The minimum Gasteiger partial charge on any atom is -0.340 e. The monoisotopic (exact) mass is 994 g/mol. The maximum Gasteiger partial charge on any atom is 0.0696 e. The van der Waals surface area contributed by atoms with Gasteiger partial charge in [0.25, 0.3) is 0 Å². The summed E-state index contributed by atoms with van der Waals surface area (Å²) in [6.07, 6.45) is 5.72. The molecule has 7 aromatic carbocycles. The third-order valence-corrected chi connectivity index (χ3v) is 12.6. The molecule has 0 unspecified atom stereocenters. The Hall–Kier alpha value is -6.89. The van der Waals surface area contributed by atoms with E-state index in [1.165, 1.54) is 87.6 Å². The normalized spacial score (nSPS) is 11.3. The summed E-state index contributed by atoms with van der Waals surface area (Å²) >= 11 is 1.72. The minimum atomic E-state index is 0. The first kappa shape index (κ1) is 39.3. The molecule has 1 radical (unpaired) electrons. The molecule has 0 bridgehead atoms. The van der Waals surface area contributed by atoms with Gasteiger partial charge in [-0.25, -0.2) is 6.07 Å². The van der Waals surface area contributed by atoms with E-state index in [-0.39, 0.29) is 20.1 Å². The summed E-state index contributed by atoms with van der Waals surface area (Å²) in [6, 6.07) is 62.9. The van der Waals surface area contributed by atoms with Crippen LogP contribution in [-0.4, -0.2) is 23.7 Å². The first-order chi connectivity index (χ1) is 30.0. The number of pyridine rings is 1. The molecule has 5 heterocycles. The van der Waals surface area contributed by atoms with Gasteiger partial charge in [0.05, 0.1) is 22.4 Å². The van der Waals surface area contributed by atoms with Crippen LogP contribution < -0.4 is 0 Å². The molecular formula is C55H39IrN5S-2. The van der Waals surface area contributed by atoms with Crippen molar-refractivity contribution >= 4 is 59.6 Å². The Balaban J connectivity index is 0.000000184. The van der Waals surface area contributed by atoms with Crippen LogP contribution in [0.1, 0.15) is 16.7 Å². The van der Waals surface area contributed by atoms with Gasteiger partial charge in [-0.3, -0.25) is 20.8 Å². The molecule has 5 nitrogen and oxygen atoms in total. The summed E-state index contributed by atoms with van der Waals surface area (Å²) in [6.45, 7) is 6.42. The SMILES string of the molecule is Cc1cc(C)c(-n2ccnc2-c2[c-]cccc2)c(C)c1.[Ir].[c-]1csc2c3cc(-c4cccc(-c5ccc6c(c5)c5ccccc5n6-c5ccccc5)c4)ccc3c3ccnn3c12. The Morgan fingerprint density at radius 2 is 1.24 bits per heavy atom. The zero-order chi connectivity index (χ0) is 41.0. The molecule has 5 aromatic heterocycles. The number of fused-ring (bicyclic) bond motifs is 9. The van der Waals surface area contributed by atoms with Gasteiger partial charge in [-0.2, -0.15) is 5.10 Å². The molecule has 12 aromatic rings. The van der Waals surface area contributed by atoms with Crippen molar-refractivity contribution in [3.8, 4) is 45.0 Å². The van der Waals surface area contributed by atoms with E-state index in [0.29, 0.717) is 0 Å². The van der Waals surface area contributed by atoms with Crippen LogP contribution in [0.25, 0.3) is 93.3 Å². The van der Waals surface area contributed by atoms with Crippen molar-refractivity contribution in [3.63, 3.8) is 0 Å². The number of aromatic nitrogens is 5. The predicted octanol–water partition coefficient (Wildman–Crippen LogP) is 14.2. The van der Waals surface area contributed by atoms with E-state index in [0.717, 1.165) is 22.4 Å². The molecule has 0 aliphatic carbocycles. The van der Waals surface area contributed by atoms with E-state index in [9.17, 15) is 0 Å². The molecule has 7 heteroatoms. The maximum absolute atomic E-state index is 4.54. The fourth-order valence-electron chi connectivity index (χ4n) is 9.09. The Morgan fingerprint density at radius 3 is 2.03 bits per heavy atom. The summed E-state index contributed by atoms with van der Waals surface area (Å²) in [4.78, 5) is 4.50. The molecule has 0 amide bonds. The van der Waals surface area contributed by atoms with Crippen molar-refractivity contribution in [2.75, 3.05) is 0 Å². The van der Waals surface area contributed by atoms with Crippen molar-refractivity contribution in [2.45, 2.75) is 20.8 Å². The molecule has 0 aliphatic heterocycles. The molecule has 0 aliphatic rings. The summed E-state index contributed by atoms with van der Waals surface area (Å²) in [5, 5.41) is 11.6. The summed E-state index contributed by atoms with van der Waals surface area (Å²) in [5.41, 5.74) is 16.6. The second kappa shape index (κ2) is 16.2. The Kier molecular flexibility index (Phi) is 10.2. The third-order valence-electron chi connectivity index (χ3n) is 11.7. The summed E-state index contributed by atoms with van der Waals surface area (Å²) in [5.74, 6) is 0.931. The van der Waals surface area contributed by atoms with Gasteiger partial charge < -0.3 is 9.13 Å². The summed E-state index contributed by atoms with van der Waals surface area (Å²) < 4.78 is 7.73. The van der Waals surface area contributed by atoms with E-state index in [1.807, 2.05) is 52.8 Å². The van der Waals surface area contributed by atoms with Gasteiger partial charge in [-0.15, -0.1) is 41.3 Å². The molecule has 301 valence electrons. The van der Waals surface area contributed by atoms with Crippen molar-refractivity contribution in [3.05, 3.63) is 211 Å². The van der Waals surface area contributed by atoms with Gasteiger partial charge in [0, 0.05) is 60.8 Å². The number of aryl methyl sites for hydroxylation is 3. The van der Waals surface area contributed by atoms with E-state index >= 15 is 0 Å². The molecular weight excluding hydrogens is 955 g/mol. The molecule has 0 spiro atoms. The van der Waals surface area contributed by atoms with Crippen LogP contribution in [0.2, 0.25) is 0 Å².